The van der Waals surface area contributed by atoms with E-state index in [0.717, 1.165) is 10.1 Å². The van der Waals surface area contributed by atoms with Crippen LogP contribution in [0.25, 0.3) is 11.2 Å². The summed E-state index contributed by atoms with van der Waals surface area (Å²) in [5.41, 5.74) is 0.970. The van der Waals surface area contributed by atoms with Crippen LogP contribution in [0.1, 0.15) is 18.6 Å². The van der Waals surface area contributed by atoms with Gasteiger partial charge in [0.2, 0.25) is 0 Å². The van der Waals surface area contributed by atoms with E-state index in [-0.39, 0.29) is 36.0 Å². The summed E-state index contributed by atoms with van der Waals surface area (Å²) in [6, 6.07) is 16.9. The van der Waals surface area contributed by atoms with Gasteiger partial charge in [0.15, 0.2) is 17.1 Å². The van der Waals surface area contributed by atoms with Gasteiger partial charge in [-0.25, -0.2) is 9.78 Å². The number of H-pyrrole nitrogens is 1. The van der Waals surface area contributed by atoms with Gasteiger partial charge in [-0.2, -0.15) is 0 Å². The molecular formula is C27H39N5O8. The predicted octanol–water partition coefficient (Wildman–Crippen LogP) is -0.109. The third-order valence-electron chi connectivity index (χ3n) is 5.81. The van der Waals surface area contributed by atoms with E-state index >= 15 is 0 Å². The third-order valence-corrected chi connectivity index (χ3v) is 5.81. The SMILES string of the molecule is CN[C@@H](C)[C@@H](O)c1ccccc1.COc1ccccc1OCC(O)CO.Cn1c(=O)c2[nH]cnc2n(C)c1=O.O. The quantitative estimate of drug-likeness (QED) is 0.195. The molecule has 0 saturated heterocycles. The Hall–Kier alpha value is -4.01. The maximum Gasteiger partial charge on any atom is 0.332 e. The number of hydrogen-bond donors (Lipinski definition) is 5. The fraction of sp³-hybridized carbons (Fsp3) is 0.370. The van der Waals surface area contributed by atoms with E-state index in [2.05, 4.69) is 15.3 Å². The van der Waals surface area contributed by atoms with Crippen molar-refractivity contribution in [3.8, 4) is 11.5 Å². The molecule has 0 spiro atoms. The van der Waals surface area contributed by atoms with Gasteiger partial charge in [0.25, 0.3) is 5.56 Å². The molecule has 4 aromatic rings. The first kappa shape index (κ1) is 34.0. The Morgan fingerprint density at radius 1 is 1.00 bits per heavy atom. The van der Waals surface area contributed by atoms with E-state index in [9.17, 15) is 14.7 Å². The van der Waals surface area contributed by atoms with Crippen molar-refractivity contribution in [1.82, 2.24) is 24.4 Å². The fourth-order valence-corrected chi connectivity index (χ4v) is 3.34. The van der Waals surface area contributed by atoms with Gasteiger partial charge in [-0.3, -0.25) is 13.9 Å². The van der Waals surface area contributed by atoms with Crippen molar-refractivity contribution in [3.05, 3.63) is 87.3 Å². The van der Waals surface area contributed by atoms with E-state index in [1.807, 2.05) is 56.4 Å². The number of aromatic nitrogens is 4. The van der Waals surface area contributed by atoms with Crippen LogP contribution in [-0.4, -0.2) is 79.4 Å². The lowest BCUT2D eigenvalue weighted by molar-refractivity contribution is 0.0527. The molecule has 13 nitrogen and oxygen atoms in total. The number of aromatic amines is 1. The summed E-state index contributed by atoms with van der Waals surface area (Å²) >= 11 is 0. The van der Waals surface area contributed by atoms with Gasteiger partial charge in [-0.1, -0.05) is 42.5 Å². The number of benzene rings is 2. The monoisotopic (exact) mass is 561 g/mol. The summed E-state index contributed by atoms with van der Waals surface area (Å²) in [5.74, 6) is 1.17. The minimum atomic E-state index is -0.861. The molecule has 1 unspecified atom stereocenters. The zero-order valence-corrected chi connectivity index (χ0v) is 23.2. The number of likely N-dealkylation sites (N-methyl/N-ethyl adjacent to an activating group) is 1. The number of methoxy groups -OCH3 is 1. The molecular weight excluding hydrogens is 522 g/mol. The summed E-state index contributed by atoms with van der Waals surface area (Å²) < 4.78 is 12.7. The van der Waals surface area contributed by atoms with Crippen molar-refractivity contribution in [2.75, 3.05) is 27.4 Å². The molecule has 0 aliphatic rings. The molecule has 2 aromatic heterocycles. The van der Waals surface area contributed by atoms with Crippen molar-refractivity contribution in [1.29, 1.82) is 0 Å². The molecule has 40 heavy (non-hydrogen) atoms. The zero-order valence-electron chi connectivity index (χ0n) is 23.2. The highest BCUT2D eigenvalue weighted by molar-refractivity contribution is 5.68. The van der Waals surface area contributed by atoms with Gasteiger partial charge in [0.1, 0.15) is 18.2 Å². The summed E-state index contributed by atoms with van der Waals surface area (Å²) in [6.45, 7) is 1.70. The molecule has 0 amide bonds. The predicted molar refractivity (Wildman–Crippen MR) is 152 cm³/mol. The number of para-hydroxylation sites is 2. The number of hydrogen-bond acceptors (Lipinski definition) is 9. The smallest absolute Gasteiger partial charge is 0.332 e. The van der Waals surface area contributed by atoms with E-state index in [1.54, 1.807) is 26.3 Å². The number of nitrogens with one attached hydrogen (secondary N) is 2. The highest BCUT2D eigenvalue weighted by atomic mass is 16.5. The van der Waals surface area contributed by atoms with E-state index in [4.69, 9.17) is 19.7 Å². The minimum Gasteiger partial charge on any atom is -0.493 e. The Bertz CT molecular complexity index is 1400. The molecule has 7 N–H and O–H groups in total. The Morgan fingerprint density at radius 2 is 1.60 bits per heavy atom. The van der Waals surface area contributed by atoms with Crippen LogP contribution in [0.5, 0.6) is 11.5 Å². The highest BCUT2D eigenvalue weighted by Gasteiger charge is 2.13. The van der Waals surface area contributed by atoms with Crippen LogP contribution >= 0.6 is 0 Å². The van der Waals surface area contributed by atoms with Crippen molar-refractivity contribution in [3.63, 3.8) is 0 Å². The fourth-order valence-electron chi connectivity index (χ4n) is 3.34. The van der Waals surface area contributed by atoms with E-state index < -0.39 is 12.2 Å². The zero-order chi connectivity index (χ0) is 28.9. The number of nitrogens with zero attached hydrogens (tertiary/aromatic N) is 3. The van der Waals surface area contributed by atoms with E-state index in [0.29, 0.717) is 22.7 Å². The highest BCUT2D eigenvalue weighted by Crippen LogP contribution is 2.25. The van der Waals surface area contributed by atoms with Crippen LogP contribution in [0.3, 0.4) is 0 Å². The topological polar surface area (TPSA) is 195 Å². The normalized spacial score (nSPS) is 12.5. The molecule has 0 saturated carbocycles. The second-order valence-corrected chi connectivity index (χ2v) is 8.54. The van der Waals surface area contributed by atoms with Crippen LogP contribution in [0, 0.1) is 0 Å². The van der Waals surface area contributed by atoms with Crippen LogP contribution in [-0.2, 0) is 14.1 Å². The van der Waals surface area contributed by atoms with Crippen LogP contribution in [0.2, 0.25) is 0 Å². The molecule has 3 atom stereocenters. The van der Waals surface area contributed by atoms with Crippen LogP contribution in [0.4, 0.5) is 0 Å². The largest absolute Gasteiger partial charge is 0.493 e. The number of imidazole rings is 1. The summed E-state index contributed by atoms with van der Waals surface area (Å²) in [6.07, 6.45) is 0.113. The van der Waals surface area contributed by atoms with Gasteiger partial charge in [0, 0.05) is 20.1 Å². The molecule has 0 fully saturated rings. The molecule has 220 valence electrons. The first-order valence-corrected chi connectivity index (χ1v) is 12.2. The number of aliphatic hydroxyl groups excluding tert-OH is 3. The Morgan fingerprint density at radius 3 is 2.17 bits per heavy atom. The maximum atomic E-state index is 11.4. The standard InChI is InChI=1S/C10H15NO.C10H14O4.C7H8N4O2.H2O/c1-8(11-2)10(12)9-6-4-3-5-7-9;1-13-9-4-2-3-5-10(9)14-7-8(12)6-11;1-10-5-4(8-3-9-5)6(12)11(2)7(10)13;/h3-8,10-12H,1-2H3;2-5,8,11-12H,6-7H2,1H3;3H,1-2H3,(H,8,9);1H2/t8-,10+;;;/m0.../s1. The van der Waals surface area contributed by atoms with Crippen molar-refractivity contribution in [2.24, 2.45) is 14.1 Å². The second kappa shape index (κ2) is 16.8. The number of rotatable bonds is 8. The number of fused-ring (bicyclic) bond motifs is 1. The van der Waals surface area contributed by atoms with Crippen molar-refractivity contribution >= 4 is 11.2 Å². The van der Waals surface area contributed by atoms with Crippen molar-refractivity contribution in [2.45, 2.75) is 25.2 Å². The van der Waals surface area contributed by atoms with Gasteiger partial charge in [-0.05, 0) is 31.7 Å². The lowest BCUT2D eigenvalue weighted by Crippen LogP contribution is -2.36. The molecule has 2 aromatic carbocycles. The molecule has 2 heterocycles. The lowest BCUT2D eigenvalue weighted by Gasteiger charge is -2.17. The van der Waals surface area contributed by atoms with E-state index in [1.165, 1.54) is 17.9 Å². The molecule has 0 aliphatic heterocycles. The summed E-state index contributed by atoms with van der Waals surface area (Å²) in [4.78, 5) is 29.4. The van der Waals surface area contributed by atoms with Gasteiger partial charge < -0.3 is 40.6 Å². The Labute approximate surface area is 231 Å². The van der Waals surface area contributed by atoms with Crippen LogP contribution in [0.15, 0.2) is 70.5 Å². The van der Waals surface area contributed by atoms with Gasteiger partial charge in [-0.15, -0.1) is 0 Å². The summed E-state index contributed by atoms with van der Waals surface area (Å²) in [5, 5.41) is 30.4. The van der Waals surface area contributed by atoms with Crippen molar-refractivity contribution < 1.29 is 30.3 Å². The number of aryl methyl sites for hydroxylation is 1. The first-order valence-electron chi connectivity index (χ1n) is 12.2. The molecule has 0 bridgehead atoms. The molecule has 0 aliphatic carbocycles. The van der Waals surface area contributed by atoms with Gasteiger partial charge in [0.05, 0.1) is 26.1 Å². The Kier molecular flexibility index (Phi) is 14.3. The average molecular weight is 562 g/mol. The summed E-state index contributed by atoms with van der Waals surface area (Å²) in [7, 11) is 6.40. The Balaban J connectivity index is 0.000000297. The molecule has 4 rings (SSSR count). The average Bonchev–Trinajstić information content (AvgIpc) is 3.48. The molecule has 0 radical (unpaired) electrons. The maximum absolute atomic E-state index is 11.4. The third kappa shape index (κ3) is 9.03. The van der Waals surface area contributed by atoms with Crippen LogP contribution < -0.4 is 26.0 Å². The first-order chi connectivity index (χ1) is 18.7. The van der Waals surface area contributed by atoms with Gasteiger partial charge >= 0.3 is 5.69 Å². The number of aliphatic hydroxyl groups is 3. The lowest BCUT2D eigenvalue weighted by atomic mass is 10.0. The second-order valence-electron chi connectivity index (χ2n) is 8.54. The minimum absolute atomic E-state index is 0. The molecule has 13 heteroatoms. The number of ether oxygens (including phenoxy) is 2.